The predicted molar refractivity (Wildman–Crippen MR) is 116 cm³/mol. The molecule has 2 heterocycles. The van der Waals surface area contributed by atoms with E-state index in [2.05, 4.69) is 5.32 Å². The van der Waals surface area contributed by atoms with E-state index in [0.29, 0.717) is 36.1 Å². The second-order valence-electron chi connectivity index (χ2n) is 6.74. The third-order valence-corrected chi connectivity index (χ3v) is 7.51. The van der Waals surface area contributed by atoms with Gasteiger partial charge in [-0.15, -0.1) is 11.3 Å². The molecule has 4 rings (SSSR count). The van der Waals surface area contributed by atoms with E-state index in [9.17, 15) is 13.2 Å². The van der Waals surface area contributed by atoms with Gasteiger partial charge in [0.25, 0.3) is 15.9 Å². The third-order valence-electron chi connectivity index (χ3n) is 4.64. The lowest BCUT2D eigenvalue weighted by Crippen LogP contribution is -2.28. The normalized spacial score (nSPS) is 13.0. The Morgan fingerprint density at radius 1 is 1.07 bits per heavy atom. The second-order valence-corrected chi connectivity index (χ2v) is 9.59. The molecule has 0 spiro atoms. The lowest BCUT2D eigenvalue weighted by molar-refractivity contribution is 0.102. The molecule has 3 aromatic rings. The molecule has 0 unspecified atom stereocenters. The molecule has 9 heteroatoms. The molecule has 2 aromatic carbocycles. The molecule has 30 heavy (non-hydrogen) atoms. The van der Waals surface area contributed by atoms with Gasteiger partial charge in [0.05, 0.1) is 5.69 Å². The monoisotopic (exact) mass is 444 g/mol. The van der Waals surface area contributed by atoms with Crippen molar-refractivity contribution in [2.75, 3.05) is 29.9 Å². The predicted octanol–water partition coefficient (Wildman–Crippen LogP) is 3.91. The number of thiophene rings is 1. The highest BCUT2D eigenvalue weighted by Crippen LogP contribution is 2.33. The Bertz CT molecular complexity index is 1200. The maximum atomic E-state index is 13.2. The molecule has 0 bridgehead atoms. The van der Waals surface area contributed by atoms with Gasteiger partial charge in [-0.1, -0.05) is 12.1 Å². The van der Waals surface area contributed by atoms with Crippen molar-refractivity contribution in [3.05, 3.63) is 64.4 Å². The highest BCUT2D eigenvalue weighted by molar-refractivity contribution is 7.93. The molecule has 1 amide bonds. The fourth-order valence-electron chi connectivity index (χ4n) is 3.09. The number of ether oxygens (including phenoxy) is 2. The van der Waals surface area contributed by atoms with Gasteiger partial charge >= 0.3 is 0 Å². The molecule has 1 aliphatic rings. The van der Waals surface area contributed by atoms with Crippen molar-refractivity contribution in [2.45, 2.75) is 11.8 Å². The summed E-state index contributed by atoms with van der Waals surface area (Å²) in [6.07, 6.45) is 0. The van der Waals surface area contributed by atoms with Crippen LogP contribution in [0.5, 0.6) is 11.5 Å². The summed E-state index contributed by atoms with van der Waals surface area (Å²) in [4.78, 5) is 12.9. The maximum absolute atomic E-state index is 13.2. The van der Waals surface area contributed by atoms with Crippen molar-refractivity contribution in [2.24, 2.45) is 0 Å². The number of hydrogen-bond acceptors (Lipinski definition) is 6. The smallest absolute Gasteiger partial charge is 0.267 e. The standard InChI is InChI=1S/C21H20N2O5S2/c1-14-4-3-5-16(12-14)23(2)30(25,26)19-8-11-29-20(19)21(24)22-15-6-7-17-18(13-15)28-10-9-27-17/h3-8,11-13H,9-10H2,1-2H3,(H,22,24). The Balaban J connectivity index is 1.60. The van der Waals surface area contributed by atoms with Crippen molar-refractivity contribution in [3.63, 3.8) is 0 Å². The van der Waals surface area contributed by atoms with Crippen molar-refractivity contribution in [3.8, 4) is 11.5 Å². The van der Waals surface area contributed by atoms with Gasteiger partial charge in [0.1, 0.15) is 23.0 Å². The Morgan fingerprint density at radius 3 is 2.60 bits per heavy atom. The Labute approximate surface area is 178 Å². The van der Waals surface area contributed by atoms with Crippen LogP contribution in [0.4, 0.5) is 11.4 Å². The zero-order valence-corrected chi connectivity index (χ0v) is 18.0. The number of carbonyl (C=O) groups is 1. The highest BCUT2D eigenvalue weighted by atomic mass is 32.2. The van der Waals surface area contributed by atoms with E-state index in [1.54, 1.807) is 41.8 Å². The van der Waals surface area contributed by atoms with Crippen molar-refractivity contribution in [1.29, 1.82) is 0 Å². The highest BCUT2D eigenvalue weighted by Gasteiger charge is 2.28. The average Bonchev–Trinajstić information content (AvgIpc) is 3.24. The van der Waals surface area contributed by atoms with Crippen LogP contribution in [-0.2, 0) is 10.0 Å². The van der Waals surface area contributed by atoms with Gasteiger partial charge in [0.2, 0.25) is 0 Å². The number of sulfonamides is 1. The number of fused-ring (bicyclic) bond motifs is 1. The van der Waals surface area contributed by atoms with Gasteiger partial charge in [-0.2, -0.15) is 0 Å². The second kappa shape index (κ2) is 8.00. The number of aryl methyl sites for hydroxylation is 1. The SMILES string of the molecule is Cc1cccc(N(C)S(=O)(=O)c2ccsc2C(=O)Nc2ccc3c(c2)OCCO3)c1. The van der Waals surface area contributed by atoms with Crippen molar-refractivity contribution < 1.29 is 22.7 Å². The van der Waals surface area contributed by atoms with Crippen LogP contribution < -0.4 is 19.1 Å². The van der Waals surface area contributed by atoms with Gasteiger partial charge in [-0.3, -0.25) is 9.10 Å². The van der Waals surface area contributed by atoms with Crippen LogP contribution in [-0.4, -0.2) is 34.6 Å². The third kappa shape index (κ3) is 3.86. The summed E-state index contributed by atoms with van der Waals surface area (Å²) >= 11 is 1.07. The maximum Gasteiger partial charge on any atom is 0.267 e. The first kappa shape index (κ1) is 20.2. The summed E-state index contributed by atoms with van der Waals surface area (Å²) < 4.78 is 38.6. The first-order valence-electron chi connectivity index (χ1n) is 9.20. The first-order valence-corrected chi connectivity index (χ1v) is 11.5. The molecule has 1 N–H and O–H groups in total. The van der Waals surface area contributed by atoms with Gasteiger partial charge in [-0.25, -0.2) is 8.42 Å². The largest absolute Gasteiger partial charge is 0.486 e. The van der Waals surface area contributed by atoms with E-state index in [1.807, 2.05) is 13.0 Å². The van der Waals surface area contributed by atoms with Crippen LogP contribution in [0.25, 0.3) is 0 Å². The van der Waals surface area contributed by atoms with Crippen LogP contribution >= 0.6 is 11.3 Å². The number of amides is 1. The molecule has 0 atom stereocenters. The minimum atomic E-state index is -3.91. The number of hydrogen-bond donors (Lipinski definition) is 1. The van der Waals surface area contributed by atoms with Gasteiger partial charge < -0.3 is 14.8 Å². The van der Waals surface area contributed by atoms with Crippen LogP contribution in [0.1, 0.15) is 15.2 Å². The Hall–Kier alpha value is -3.04. The number of nitrogens with zero attached hydrogens (tertiary/aromatic N) is 1. The topological polar surface area (TPSA) is 84.9 Å². The molecule has 156 valence electrons. The number of rotatable bonds is 5. The molecule has 0 saturated heterocycles. The van der Waals surface area contributed by atoms with E-state index in [-0.39, 0.29) is 9.77 Å². The molecule has 0 saturated carbocycles. The molecular weight excluding hydrogens is 424 g/mol. The Kier molecular flexibility index (Phi) is 5.40. The van der Waals surface area contributed by atoms with Crippen LogP contribution in [0.3, 0.4) is 0 Å². The number of nitrogens with one attached hydrogen (secondary N) is 1. The summed E-state index contributed by atoms with van der Waals surface area (Å²) in [5.41, 5.74) is 1.96. The molecule has 7 nitrogen and oxygen atoms in total. The van der Waals surface area contributed by atoms with E-state index in [0.717, 1.165) is 16.9 Å². The number of benzene rings is 2. The van der Waals surface area contributed by atoms with Crippen molar-refractivity contribution in [1.82, 2.24) is 0 Å². The summed E-state index contributed by atoms with van der Waals surface area (Å²) in [6.45, 7) is 2.80. The summed E-state index contributed by atoms with van der Waals surface area (Å²) in [5.74, 6) is 0.647. The molecule has 0 radical (unpaired) electrons. The minimum absolute atomic E-state index is 0.0356. The Morgan fingerprint density at radius 2 is 1.83 bits per heavy atom. The quantitative estimate of drug-likeness (QED) is 0.645. The van der Waals surface area contributed by atoms with Gasteiger partial charge in [0.15, 0.2) is 11.5 Å². The van der Waals surface area contributed by atoms with Gasteiger partial charge in [-0.05, 0) is 48.2 Å². The molecule has 0 fully saturated rings. The van der Waals surface area contributed by atoms with E-state index >= 15 is 0 Å². The molecule has 0 aliphatic carbocycles. The van der Waals surface area contributed by atoms with E-state index in [1.165, 1.54) is 17.4 Å². The lowest BCUT2D eigenvalue weighted by atomic mass is 10.2. The molecular formula is C21H20N2O5S2. The van der Waals surface area contributed by atoms with Gasteiger partial charge in [0, 0.05) is 18.8 Å². The summed E-state index contributed by atoms with van der Waals surface area (Å²) in [7, 11) is -2.43. The van der Waals surface area contributed by atoms with Crippen LogP contribution in [0.2, 0.25) is 0 Å². The van der Waals surface area contributed by atoms with E-state index in [4.69, 9.17) is 9.47 Å². The van der Waals surface area contributed by atoms with Crippen molar-refractivity contribution >= 4 is 38.6 Å². The molecule has 1 aliphatic heterocycles. The zero-order valence-electron chi connectivity index (χ0n) is 16.4. The summed E-state index contributed by atoms with van der Waals surface area (Å²) in [6, 6.07) is 13.7. The van der Waals surface area contributed by atoms with E-state index < -0.39 is 15.9 Å². The molecule has 1 aromatic heterocycles. The fraction of sp³-hybridized carbons (Fsp3) is 0.190. The number of carbonyl (C=O) groups excluding carboxylic acids is 1. The average molecular weight is 445 g/mol. The lowest BCUT2D eigenvalue weighted by Gasteiger charge is -2.20. The van der Waals surface area contributed by atoms with Crippen LogP contribution in [0.15, 0.2) is 58.8 Å². The summed E-state index contributed by atoms with van der Waals surface area (Å²) in [5, 5.41) is 4.34. The zero-order chi connectivity index (χ0) is 21.3. The first-order chi connectivity index (χ1) is 14.4. The van der Waals surface area contributed by atoms with Crippen LogP contribution in [0, 0.1) is 6.92 Å². The number of anilines is 2. The fourth-order valence-corrected chi connectivity index (χ4v) is 5.57. The minimum Gasteiger partial charge on any atom is -0.486 e.